The van der Waals surface area contributed by atoms with Crippen LogP contribution in [0.25, 0.3) is 11.3 Å². The highest BCUT2D eigenvalue weighted by atomic mass is 16.3. The molecule has 2 aromatic carbocycles. The Hall–Kier alpha value is -2.76. The summed E-state index contributed by atoms with van der Waals surface area (Å²) >= 11 is 0. The Labute approximate surface area is 185 Å². The summed E-state index contributed by atoms with van der Waals surface area (Å²) in [5.41, 5.74) is 6.10. The minimum Gasteiger partial charge on any atom is -0.508 e. The molecule has 2 heterocycles. The molecule has 5 nitrogen and oxygen atoms in total. The highest BCUT2D eigenvalue weighted by Gasteiger charge is 2.19. The molecular formula is C26H32N4O. The van der Waals surface area contributed by atoms with Crippen molar-refractivity contribution >= 4 is 0 Å². The van der Waals surface area contributed by atoms with Crippen molar-refractivity contribution in [2.75, 3.05) is 19.6 Å². The lowest BCUT2D eigenvalue weighted by molar-refractivity contribution is 0.165. The molecule has 0 aliphatic carbocycles. The molecule has 1 fully saturated rings. The van der Waals surface area contributed by atoms with E-state index in [1.54, 1.807) is 12.1 Å². The fourth-order valence-electron chi connectivity index (χ4n) is 4.25. The first-order chi connectivity index (χ1) is 15.1. The average molecular weight is 417 g/mol. The van der Waals surface area contributed by atoms with E-state index < -0.39 is 0 Å². The maximum Gasteiger partial charge on any atom is 0.128 e. The number of hydrogen-bond donors (Lipinski definition) is 2. The van der Waals surface area contributed by atoms with Crippen LogP contribution in [-0.2, 0) is 19.4 Å². The van der Waals surface area contributed by atoms with Crippen LogP contribution >= 0.6 is 0 Å². The Bertz CT molecular complexity index is 1000. The predicted molar refractivity (Wildman–Crippen MR) is 125 cm³/mol. The van der Waals surface area contributed by atoms with Gasteiger partial charge in [0.15, 0.2) is 0 Å². The van der Waals surface area contributed by atoms with Crippen LogP contribution in [0, 0.1) is 6.92 Å². The summed E-state index contributed by atoms with van der Waals surface area (Å²) in [5.74, 6) is 1.20. The lowest BCUT2D eigenvalue weighted by Gasteiger charge is -2.34. The van der Waals surface area contributed by atoms with Crippen molar-refractivity contribution in [2.24, 2.45) is 0 Å². The van der Waals surface area contributed by atoms with Crippen molar-refractivity contribution in [3.05, 3.63) is 77.2 Å². The number of aromatic nitrogens is 2. The molecule has 0 unspecified atom stereocenters. The Balaban J connectivity index is 1.45. The van der Waals surface area contributed by atoms with Gasteiger partial charge in [-0.3, -0.25) is 4.90 Å². The van der Waals surface area contributed by atoms with Crippen LogP contribution in [0.3, 0.4) is 0 Å². The second kappa shape index (κ2) is 10.0. The van der Waals surface area contributed by atoms with Crippen LogP contribution in [0.5, 0.6) is 5.75 Å². The van der Waals surface area contributed by atoms with E-state index in [1.165, 1.54) is 22.3 Å². The third kappa shape index (κ3) is 5.49. The molecule has 1 aliphatic rings. The fraction of sp³-hybridized carbons (Fsp3) is 0.385. The number of aromatic hydroxyl groups is 1. The number of hydrogen-bond acceptors (Lipinski definition) is 5. The molecule has 1 aromatic heterocycles. The summed E-state index contributed by atoms with van der Waals surface area (Å²) in [6.07, 6.45) is 4.65. The third-order valence-electron chi connectivity index (χ3n) is 6.24. The number of rotatable bonds is 7. The van der Waals surface area contributed by atoms with Crippen molar-refractivity contribution in [1.29, 1.82) is 0 Å². The molecule has 3 aromatic rings. The van der Waals surface area contributed by atoms with Crippen molar-refractivity contribution in [3.8, 4) is 17.0 Å². The zero-order valence-corrected chi connectivity index (χ0v) is 18.5. The molecule has 0 amide bonds. The normalized spacial score (nSPS) is 17.0. The molecular weight excluding hydrogens is 384 g/mol. The van der Waals surface area contributed by atoms with Gasteiger partial charge >= 0.3 is 0 Å². The van der Waals surface area contributed by atoms with Gasteiger partial charge in [0.2, 0.25) is 0 Å². The number of piperazine rings is 1. The maximum atomic E-state index is 9.42. The molecule has 1 aliphatic heterocycles. The minimum atomic E-state index is 0.309. The summed E-state index contributed by atoms with van der Waals surface area (Å²) in [7, 11) is 0. The van der Waals surface area contributed by atoms with E-state index in [0.29, 0.717) is 11.8 Å². The molecule has 162 valence electrons. The quantitative estimate of drug-likeness (QED) is 0.607. The first-order valence-electron chi connectivity index (χ1n) is 11.2. The summed E-state index contributed by atoms with van der Waals surface area (Å²) in [6, 6.07) is 16.6. The number of aryl methyl sites for hydroxylation is 2. The molecule has 5 heteroatoms. The summed E-state index contributed by atoms with van der Waals surface area (Å²) < 4.78 is 0. The molecule has 4 rings (SSSR count). The minimum absolute atomic E-state index is 0.309. The standard InChI is InChI=1S/C26H32N4O/c1-19-17-27-15-16-30(19)18-22-6-4-7-24(20(22)2)25-13-14-28-26(29-25)8-3-5-21-9-11-23(31)12-10-21/h4,6-7,9-14,19,27,31H,3,5,8,15-18H2,1-2H3/t19-/m0/s1. The smallest absolute Gasteiger partial charge is 0.128 e. The van der Waals surface area contributed by atoms with Gasteiger partial charge in [0, 0.05) is 50.4 Å². The zero-order valence-electron chi connectivity index (χ0n) is 18.5. The lowest BCUT2D eigenvalue weighted by atomic mass is 9.98. The molecule has 0 radical (unpaired) electrons. The van der Waals surface area contributed by atoms with Gasteiger partial charge in [0.1, 0.15) is 11.6 Å². The first-order valence-corrected chi connectivity index (χ1v) is 11.2. The fourth-order valence-corrected chi connectivity index (χ4v) is 4.25. The van der Waals surface area contributed by atoms with Crippen LogP contribution in [-0.4, -0.2) is 45.7 Å². The molecule has 31 heavy (non-hydrogen) atoms. The largest absolute Gasteiger partial charge is 0.508 e. The van der Waals surface area contributed by atoms with Gasteiger partial charge < -0.3 is 10.4 Å². The van der Waals surface area contributed by atoms with Gasteiger partial charge in [-0.1, -0.05) is 30.3 Å². The van der Waals surface area contributed by atoms with E-state index in [2.05, 4.69) is 47.2 Å². The zero-order chi connectivity index (χ0) is 21.6. The second-order valence-electron chi connectivity index (χ2n) is 8.49. The van der Waals surface area contributed by atoms with E-state index in [4.69, 9.17) is 4.98 Å². The summed E-state index contributed by atoms with van der Waals surface area (Å²) in [6.45, 7) is 8.68. The van der Waals surface area contributed by atoms with E-state index >= 15 is 0 Å². The van der Waals surface area contributed by atoms with Gasteiger partial charge in [-0.2, -0.15) is 0 Å². The van der Waals surface area contributed by atoms with Gasteiger partial charge in [0.05, 0.1) is 5.69 Å². The topological polar surface area (TPSA) is 61.3 Å². The van der Waals surface area contributed by atoms with Gasteiger partial charge in [0.25, 0.3) is 0 Å². The molecule has 0 bridgehead atoms. The van der Waals surface area contributed by atoms with Gasteiger partial charge in [-0.05, 0) is 61.6 Å². The monoisotopic (exact) mass is 416 g/mol. The molecule has 1 saturated heterocycles. The number of phenolic OH excluding ortho intramolecular Hbond substituents is 1. The third-order valence-corrected chi connectivity index (χ3v) is 6.24. The van der Waals surface area contributed by atoms with Crippen LogP contribution in [0.1, 0.15) is 35.9 Å². The average Bonchev–Trinajstić information content (AvgIpc) is 2.78. The summed E-state index contributed by atoms with van der Waals surface area (Å²) in [5, 5.41) is 12.9. The van der Waals surface area contributed by atoms with E-state index in [-0.39, 0.29) is 0 Å². The number of nitrogens with zero attached hydrogens (tertiary/aromatic N) is 3. The van der Waals surface area contributed by atoms with Crippen molar-refractivity contribution in [1.82, 2.24) is 20.2 Å². The van der Waals surface area contributed by atoms with Gasteiger partial charge in [-0.25, -0.2) is 9.97 Å². The van der Waals surface area contributed by atoms with Gasteiger partial charge in [-0.15, -0.1) is 0 Å². The first kappa shape index (κ1) is 21.5. The van der Waals surface area contributed by atoms with Crippen molar-refractivity contribution < 1.29 is 5.11 Å². The van der Waals surface area contributed by atoms with E-state index in [1.807, 2.05) is 24.4 Å². The Morgan fingerprint density at radius 2 is 1.94 bits per heavy atom. The maximum absolute atomic E-state index is 9.42. The van der Waals surface area contributed by atoms with Crippen LogP contribution in [0.15, 0.2) is 54.7 Å². The molecule has 1 atom stereocenters. The number of benzene rings is 2. The van der Waals surface area contributed by atoms with Crippen molar-refractivity contribution in [3.63, 3.8) is 0 Å². The number of phenols is 1. The second-order valence-corrected chi connectivity index (χ2v) is 8.49. The number of nitrogens with one attached hydrogen (secondary N) is 1. The van der Waals surface area contributed by atoms with Crippen LogP contribution in [0.4, 0.5) is 0 Å². The molecule has 0 saturated carbocycles. The van der Waals surface area contributed by atoms with E-state index in [9.17, 15) is 5.11 Å². The Kier molecular flexibility index (Phi) is 6.95. The highest BCUT2D eigenvalue weighted by molar-refractivity contribution is 5.64. The lowest BCUT2D eigenvalue weighted by Crippen LogP contribution is -2.49. The van der Waals surface area contributed by atoms with Crippen LogP contribution in [0.2, 0.25) is 0 Å². The van der Waals surface area contributed by atoms with Crippen molar-refractivity contribution in [2.45, 2.75) is 45.7 Å². The Morgan fingerprint density at radius 3 is 2.74 bits per heavy atom. The SMILES string of the molecule is Cc1c(CN2CCNC[C@@H]2C)cccc1-c1ccnc(CCCc2ccc(O)cc2)n1. The Morgan fingerprint density at radius 1 is 1.10 bits per heavy atom. The molecule has 2 N–H and O–H groups in total. The predicted octanol–water partition coefficient (Wildman–Crippen LogP) is 4.13. The highest BCUT2D eigenvalue weighted by Crippen LogP contribution is 2.26. The van der Waals surface area contributed by atoms with Crippen LogP contribution < -0.4 is 5.32 Å². The molecule has 0 spiro atoms. The van der Waals surface area contributed by atoms with E-state index in [0.717, 1.165) is 57.0 Å². The summed E-state index contributed by atoms with van der Waals surface area (Å²) in [4.78, 5) is 11.9.